The van der Waals surface area contributed by atoms with Gasteiger partial charge < -0.3 is 21.5 Å². The molecule has 9 nitrogen and oxygen atoms in total. The van der Waals surface area contributed by atoms with Crippen molar-refractivity contribution in [1.82, 2.24) is 10.3 Å². The number of alkyl halides is 3. The lowest BCUT2D eigenvalue weighted by atomic mass is 9.94. The van der Waals surface area contributed by atoms with Crippen molar-refractivity contribution in [3.05, 3.63) is 40.5 Å². The van der Waals surface area contributed by atoms with E-state index in [0.29, 0.717) is 12.1 Å². The molecule has 0 spiro atoms. The summed E-state index contributed by atoms with van der Waals surface area (Å²) in [5.74, 6) is -5.24. The standard InChI is InChI=1S/C16H9F5N8O/c17-6-1-2-7(30-16(19,20)21)8(10(6)18)12-9-11(24)5(3-22)13(25)28-14(9)29-15(27-12)26-4-23/h1-2,12H,(H6,24,25,26,27,28,29). The molecule has 6 N–H and O–H groups in total. The van der Waals surface area contributed by atoms with E-state index in [4.69, 9.17) is 16.7 Å². The van der Waals surface area contributed by atoms with Gasteiger partial charge in [0.2, 0.25) is 5.96 Å². The molecule has 3 rings (SSSR count). The monoisotopic (exact) mass is 424 g/mol. The van der Waals surface area contributed by atoms with Crippen LogP contribution in [0.15, 0.2) is 17.1 Å². The van der Waals surface area contributed by atoms with Crippen LogP contribution >= 0.6 is 0 Å². The Morgan fingerprint density at radius 2 is 1.87 bits per heavy atom. The van der Waals surface area contributed by atoms with Gasteiger partial charge in [0, 0.05) is 5.56 Å². The number of nitrogens with zero attached hydrogens (tertiary/aromatic N) is 4. The number of ether oxygens (including phenoxy) is 1. The molecule has 154 valence electrons. The number of guanidine groups is 1. The van der Waals surface area contributed by atoms with Gasteiger partial charge in [0.25, 0.3) is 0 Å². The number of hydrogen-bond donors (Lipinski definition) is 4. The second-order valence-electron chi connectivity index (χ2n) is 5.72. The maximum absolute atomic E-state index is 14.7. The molecule has 14 heteroatoms. The molecule has 1 atom stereocenters. The van der Waals surface area contributed by atoms with Gasteiger partial charge in [-0.2, -0.15) is 10.5 Å². The molecule has 0 bridgehead atoms. The number of fused-ring (bicyclic) bond motifs is 1. The van der Waals surface area contributed by atoms with E-state index in [2.05, 4.69) is 25.3 Å². The zero-order chi connectivity index (χ0) is 22.2. The van der Waals surface area contributed by atoms with Crippen molar-refractivity contribution in [3.8, 4) is 18.0 Å². The Kier molecular flexibility index (Phi) is 4.93. The SMILES string of the molecule is N#CNC1=NC(c2c(OC(F)(F)F)ccc(F)c2F)c2c(nc(N)c(C#N)c2N)N1. The lowest BCUT2D eigenvalue weighted by molar-refractivity contribution is -0.275. The molecule has 0 aliphatic carbocycles. The van der Waals surface area contributed by atoms with E-state index in [1.54, 1.807) is 6.07 Å². The summed E-state index contributed by atoms with van der Waals surface area (Å²) >= 11 is 0. The third-order valence-electron chi connectivity index (χ3n) is 3.95. The van der Waals surface area contributed by atoms with Crippen LogP contribution in [-0.4, -0.2) is 17.3 Å². The molecule has 30 heavy (non-hydrogen) atoms. The quantitative estimate of drug-likeness (QED) is 0.325. The Morgan fingerprint density at radius 3 is 2.47 bits per heavy atom. The molecule has 1 aromatic heterocycles. The van der Waals surface area contributed by atoms with Crippen LogP contribution < -0.4 is 26.8 Å². The van der Waals surface area contributed by atoms with Crippen LogP contribution in [0.2, 0.25) is 0 Å². The van der Waals surface area contributed by atoms with Crippen molar-refractivity contribution in [2.75, 3.05) is 16.8 Å². The molecule has 1 unspecified atom stereocenters. The highest BCUT2D eigenvalue weighted by Gasteiger charge is 2.38. The van der Waals surface area contributed by atoms with Gasteiger partial charge in [-0.1, -0.05) is 0 Å². The minimum atomic E-state index is -5.24. The van der Waals surface area contributed by atoms with Crippen molar-refractivity contribution in [2.24, 2.45) is 4.99 Å². The summed E-state index contributed by atoms with van der Waals surface area (Å²) in [6.07, 6.45) is -3.74. The summed E-state index contributed by atoms with van der Waals surface area (Å²) in [6, 6.07) is 0.886. The Bertz CT molecular complexity index is 1150. The van der Waals surface area contributed by atoms with E-state index >= 15 is 0 Å². The normalized spacial score (nSPS) is 15.2. The molecule has 1 aliphatic heterocycles. The van der Waals surface area contributed by atoms with Crippen LogP contribution in [-0.2, 0) is 0 Å². The van der Waals surface area contributed by atoms with Gasteiger partial charge in [-0.15, -0.1) is 13.2 Å². The van der Waals surface area contributed by atoms with Gasteiger partial charge in [0.05, 0.1) is 11.3 Å². The highest BCUT2D eigenvalue weighted by atomic mass is 19.4. The van der Waals surface area contributed by atoms with E-state index < -0.39 is 35.4 Å². The highest BCUT2D eigenvalue weighted by Crippen LogP contribution is 2.45. The third-order valence-corrected chi connectivity index (χ3v) is 3.95. The summed E-state index contributed by atoms with van der Waals surface area (Å²) in [5.41, 5.74) is 9.59. The Hall–Kier alpha value is -4.33. The Labute approximate surface area is 164 Å². The number of aliphatic imine (C=N–C) groups is 1. The van der Waals surface area contributed by atoms with E-state index in [9.17, 15) is 27.2 Å². The van der Waals surface area contributed by atoms with Crippen molar-refractivity contribution in [3.63, 3.8) is 0 Å². The van der Waals surface area contributed by atoms with Gasteiger partial charge in [0.15, 0.2) is 17.8 Å². The van der Waals surface area contributed by atoms with Gasteiger partial charge >= 0.3 is 6.36 Å². The first-order valence-corrected chi connectivity index (χ1v) is 7.79. The maximum atomic E-state index is 14.7. The van der Waals surface area contributed by atoms with Gasteiger partial charge in [0.1, 0.15) is 35.1 Å². The molecule has 2 heterocycles. The average Bonchev–Trinajstić information content (AvgIpc) is 2.63. The minimum absolute atomic E-state index is 0.233. The predicted molar refractivity (Wildman–Crippen MR) is 92.5 cm³/mol. The lowest BCUT2D eigenvalue weighted by Crippen LogP contribution is -2.33. The van der Waals surface area contributed by atoms with Gasteiger partial charge in [-0.25, -0.2) is 18.8 Å². The first-order chi connectivity index (χ1) is 14.1. The number of hydrogen-bond acceptors (Lipinski definition) is 9. The average molecular weight is 424 g/mol. The van der Waals surface area contributed by atoms with Crippen molar-refractivity contribution < 1.29 is 26.7 Å². The fourth-order valence-electron chi connectivity index (χ4n) is 2.81. The summed E-state index contributed by atoms with van der Waals surface area (Å²) in [6.45, 7) is 0. The molecule has 0 saturated heterocycles. The molecule has 1 aliphatic rings. The zero-order valence-corrected chi connectivity index (χ0v) is 14.5. The summed E-state index contributed by atoms with van der Waals surface area (Å²) in [4.78, 5) is 7.75. The van der Waals surface area contributed by atoms with Crippen LogP contribution in [0, 0.1) is 34.4 Å². The topological polar surface area (TPSA) is 158 Å². The highest BCUT2D eigenvalue weighted by molar-refractivity contribution is 5.98. The number of halogens is 5. The first-order valence-electron chi connectivity index (χ1n) is 7.79. The van der Waals surface area contributed by atoms with E-state index in [0.717, 1.165) is 0 Å². The predicted octanol–water partition coefficient (Wildman–Crippen LogP) is 2.24. The smallest absolute Gasteiger partial charge is 0.405 e. The number of rotatable bonds is 2. The first kappa shape index (κ1) is 20.4. The van der Waals surface area contributed by atoms with Crippen LogP contribution in [0.3, 0.4) is 0 Å². The van der Waals surface area contributed by atoms with Crippen LogP contribution in [0.5, 0.6) is 5.75 Å². The molecule has 0 amide bonds. The number of benzene rings is 1. The molecule has 0 saturated carbocycles. The van der Waals surface area contributed by atoms with E-state index in [-0.39, 0.29) is 34.4 Å². The fraction of sp³-hybridized carbons (Fsp3) is 0.125. The molecule has 2 aromatic rings. The third kappa shape index (κ3) is 3.53. The second-order valence-corrected chi connectivity index (χ2v) is 5.72. The summed E-state index contributed by atoms with van der Waals surface area (Å²) in [7, 11) is 0. The van der Waals surface area contributed by atoms with Crippen LogP contribution in [0.25, 0.3) is 0 Å². The molecule has 0 fully saturated rings. The number of nitriles is 2. The second kappa shape index (κ2) is 7.25. The van der Waals surface area contributed by atoms with Crippen molar-refractivity contribution in [2.45, 2.75) is 12.4 Å². The van der Waals surface area contributed by atoms with Gasteiger partial charge in [-0.3, -0.25) is 5.32 Å². The minimum Gasteiger partial charge on any atom is -0.405 e. The molecule has 0 radical (unpaired) electrons. The molecular weight excluding hydrogens is 415 g/mol. The lowest BCUT2D eigenvalue weighted by Gasteiger charge is -2.27. The van der Waals surface area contributed by atoms with E-state index in [1.165, 1.54) is 6.19 Å². The summed E-state index contributed by atoms with van der Waals surface area (Å²) < 4.78 is 70.9. The largest absolute Gasteiger partial charge is 0.573 e. The van der Waals surface area contributed by atoms with Crippen molar-refractivity contribution in [1.29, 1.82) is 10.5 Å². The Morgan fingerprint density at radius 1 is 1.17 bits per heavy atom. The Balaban J connectivity index is 2.35. The van der Waals surface area contributed by atoms with Crippen LogP contribution in [0.1, 0.15) is 22.7 Å². The number of nitrogens with two attached hydrogens (primary N) is 2. The fourth-order valence-corrected chi connectivity index (χ4v) is 2.81. The number of pyridine rings is 1. The van der Waals surface area contributed by atoms with Crippen LogP contribution in [0.4, 0.5) is 39.3 Å². The zero-order valence-electron chi connectivity index (χ0n) is 14.5. The van der Waals surface area contributed by atoms with E-state index in [1.807, 2.05) is 0 Å². The molecule has 1 aromatic carbocycles. The molecular formula is C16H9F5N8O. The number of aromatic nitrogens is 1. The van der Waals surface area contributed by atoms with Gasteiger partial charge in [-0.05, 0) is 12.1 Å². The number of nitrogen functional groups attached to an aromatic ring is 2. The summed E-state index contributed by atoms with van der Waals surface area (Å²) in [5, 5.41) is 22.6. The number of nitrogens with one attached hydrogen (secondary N) is 2. The maximum Gasteiger partial charge on any atom is 0.573 e. The van der Waals surface area contributed by atoms with Crippen molar-refractivity contribution >= 4 is 23.3 Å². The number of anilines is 3.